The highest BCUT2D eigenvalue weighted by molar-refractivity contribution is 5.72. The normalized spacial score (nSPS) is 12.7. The zero-order valence-corrected chi connectivity index (χ0v) is 12.9. The molecule has 4 nitrogen and oxygen atoms in total. The molecule has 0 radical (unpaired) electrons. The van der Waals surface area contributed by atoms with E-state index in [1.807, 2.05) is 24.3 Å². The summed E-state index contributed by atoms with van der Waals surface area (Å²) in [5.74, 6) is 0.768. The third kappa shape index (κ3) is 5.11. The summed E-state index contributed by atoms with van der Waals surface area (Å²) in [7, 11) is 3.00. The molecule has 0 fully saturated rings. The molecule has 0 saturated heterocycles. The number of esters is 1. The van der Waals surface area contributed by atoms with Crippen LogP contribution in [-0.2, 0) is 9.53 Å². The van der Waals surface area contributed by atoms with E-state index in [2.05, 4.69) is 20.8 Å². The van der Waals surface area contributed by atoms with Crippen LogP contribution in [0.2, 0.25) is 0 Å². The predicted octanol–water partition coefficient (Wildman–Crippen LogP) is 3.30. The second kappa shape index (κ2) is 7.17. The van der Waals surface area contributed by atoms with Crippen LogP contribution in [0.5, 0.6) is 11.5 Å². The molecule has 4 heteroatoms. The van der Waals surface area contributed by atoms with Gasteiger partial charge in [-0.3, -0.25) is 4.79 Å². The van der Waals surface area contributed by atoms with E-state index in [9.17, 15) is 4.79 Å². The number of hydrogen-bond donors (Lipinski definition) is 0. The molecule has 0 N–H and O–H groups in total. The third-order valence-electron chi connectivity index (χ3n) is 2.90. The van der Waals surface area contributed by atoms with Gasteiger partial charge < -0.3 is 14.2 Å². The number of methoxy groups -OCH3 is 2. The summed E-state index contributed by atoms with van der Waals surface area (Å²) in [6.07, 6.45) is 0.703. The number of ether oxygens (including phenoxy) is 3. The van der Waals surface area contributed by atoms with Crippen molar-refractivity contribution in [2.45, 2.75) is 27.2 Å². The summed E-state index contributed by atoms with van der Waals surface area (Å²) in [6.45, 7) is 6.55. The van der Waals surface area contributed by atoms with Crippen molar-refractivity contribution >= 4 is 5.97 Å². The largest absolute Gasteiger partial charge is 0.493 e. The van der Waals surface area contributed by atoms with Crippen molar-refractivity contribution in [3.05, 3.63) is 24.3 Å². The van der Waals surface area contributed by atoms with Crippen LogP contribution >= 0.6 is 0 Å². The quantitative estimate of drug-likeness (QED) is 0.750. The van der Waals surface area contributed by atoms with Crippen molar-refractivity contribution in [2.75, 3.05) is 20.8 Å². The minimum Gasteiger partial charge on any atom is -0.493 e. The second-order valence-corrected chi connectivity index (χ2v) is 5.95. The van der Waals surface area contributed by atoms with Crippen LogP contribution in [0.1, 0.15) is 27.2 Å². The number of carbonyl (C=O) groups excluding carboxylic acids is 1. The van der Waals surface area contributed by atoms with Gasteiger partial charge in [0.25, 0.3) is 0 Å². The van der Waals surface area contributed by atoms with Gasteiger partial charge in [0.1, 0.15) is 6.61 Å². The standard InChI is InChI=1S/C16H24O4/c1-16(2,3)10-12(15(17)19-5)11-20-14-9-7-6-8-13(14)18-4/h6-9,12H,10-11H2,1-5H3. The Balaban J connectivity index is 2.73. The fourth-order valence-electron chi connectivity index (χ4n) is 2.04. The summed E-state index contributed by atoms with van der Waals surface area (Å²) >= 11 is 0. The van der Waals surface area contributed by atoms with Gasteiger partial charge in [-0.1, -0.05) is 32.9 Å². The van der Waals surface area contributed by atoms with Crippen molar-refractivity contribution in [2.24, 2.45) is 11.3 Å². The Bertz CT molecular complexity index is 434. The molecular weight excluding hydrogens is 256 g/mol. The zero-order chi connectivity index (χ0) is 15.2. The van der Waals surface area contributed by atoms with Crippen LogP contribution in [0.15, 0.2) is 24.3 Å². The van der Waals surface area contributed by atoms with E-state index in [4.69, 9.17) is 14.2 Å². The maximum atomic E-state index is 11.8. The lowest BCUT2D eigenvalue weighted by atomic mass is 9.85. The minimum atomic E-state index is -0.287. The van der Waals surface area contributed by atoms with Crippen LogP contribution in [-0.4, -0.2) is 26.8 Å². The van der Waals surface area contributed by atoms with E-state index in [1.54, 1.807) is 7.11 Å². The van der Waals surface area contributed by atoms with Gasteiger partial charge in [-0.25, -0.2) is 0 Å². The van der Waals surface area contributed by atoms with Crippen LogP contribution in [0, 0.1) is 11.3 Å². The summed E-state index contributed by atoms with van der Waals surface area (Å²) in [4.78, 5) is 11.8. The molecule has 1 aromatic carbocycles. The third-order valence-corrected chi connectivity index (χ3v) is 2.90. The molecule has 0 aromatic heterocycles. The fourth-order valence-corrected chi connectivity index (χ4v) is 2.04. The van der Waals surface area contributed by atoms with Gasteiger partial charge in [-0.05, 0) is 24.0 Å². The molecule has 0 saturated carbocycles. The molecule has 1 rings (SSSR count). The Kier molecular flexibility index (Phi) is 5.86. The number of carbonyl (C=O) groups is 1. The first-order chi connectivity index (χ1) is 9.37. The Morgan fingerprint density at radius 3 is 2.25 bits per heavy atom. The van der Waals surface area contributed by atoms with Crippen molar-refractivity contribution in [1.82, 2.24) is 0 Å². The lowest BCUT2D eigenvalue weighted by Gasteiger charge is -2.24. The highest BCUT2D eigenvalue weighted by Crippen LogP contribution is 2.29. The Hall–Kier alpha value is -1.71. The SMILES string of the molecule is COC(=O)C(COc1ccccc1OC)CC(C)(C)C. The zero-order valence-electron chi connectivity index (χ0n) is 12.9. The summed E-state index contributed by atoms with van der Waals surface area (Å²) < 4.78 is 15.8. The first-order valence-corrected chi connectivity index (χ1v) is 6.71. The lowest BCUT2D eigenvalue weighted by molar-refractivity contribution is -0.147. The topological polar surface area (TPSA) is 44.8 Å². The Labute approximate surface area is 121 Å². The van der Waals surface area contributed by atoms with Gasteiger partial charge in [0, 0.05) is 0 Å². The monoisotopic (exact) mass is 280 g/mol. The highest BCUT2D eigenvalue weighted by atomic mass is 16.5. The second-order valence-electron chi connectivity index (χ2n) is 5.95. The van der Waals surface area contributed by atoms with Crippen LogP contribution < -0.4 is 9.47 Å². The maximum absolute atomic E-state index is 11.8. The van der Waals surface area contributed by atoms with Gasteiger partial charge in [0.05, 0.1) is 20.1 Å². The predicted molar refractivity (Wildman–Crippen MR) is 78.1 cm³/mol. The molecule has 1 unspecified atom stereocenters. The summed E-state index contributed by atoms with van der Waals surface area (Å²) in [6, 6.07) is 7.39. The fraction of sp³-hybridized carbons (Fsp3) is 0.562. The number of hydrogen-bond acceptors (Lipinski definition) is 4. The van der Waals surface area contributed by atoms with E-state index in [1.165, 1.54) is 7.11 Å². The molecular formula is C16H24O4. The first kappa shape index (κ1) is 16.3. The van der Waals surface area contributed by atoms with Crippen LogP contribution in [0.3, 0.4) is 0 Å². The highest BCUT2D eigenvalue weighted by Gasteiger charge is 2.26. The maximum Gasteiger partial charge on any atom is 0.312 e. The summed E-state index contributed by atoms with van der Waals surface area (Å²) in [5, 5.41) is 0. The van der Waals surface area contributed by atoms with E-state index in [0.717, 1.165) is 0 Å². The summed E-state index contributed by atoms with van der Waals surface area (Å²) in [5.41, 5.74) is 0.0307. The average Bonchev–Trinajstić information content (AvgIpc) is 2.41. The van der Waals surface area contributed by atoms with E-state index in [-0.39, 0.29) is 23.9 Å². The Morgan fingerprint density at radius 1 is 1.15 bits per heavy atom. The minimum absolute atomic E-state index is 0.0307. The number of rotatable bonds is 6. The molecule has 0 aliphatic carbocycles. The van der Waals surface area contributed by atoms with Gasteiger partial charge in [-0.2, -0.15) is 0 Å². The molecule has 0 heterocycles. The van der Waals surface area contributed by atoms with Crippen LogP contribution in [0.4, 0.5) is 0 Å². The molecule has 1 atom stereocenters. The van der Waals surface area contributed by atoms with E-state index in [0.29, 0.717) is 17.9 Å². The van der Waals surface area contributed by atoms with Crippen LogP contribution in [0.25, 0.3) is 0 Å². The molecule has 0 amide bonds. The van der Waals surface area contributed by atoms with Gasteiger partial charge in [0.2, 0.25) is 0 Å². The number of para-hydroxylation sites is 2. The molecule has 20 heavy (non-hydrogen) atoms. The van der Waals surface area contributed by atoms with E-state index >= 15 is 0 Å². The van der Waals surface area contributed by atoms with Crippen molar-refractivity contribution < 1.29 is 19.0 Å². The van der Waals surface area contributed by atoms with Crippen molar-refractivity contribution in [3.63, 3.8) is 0 Å². The molecule has 0 aliphatic heterocycles. The first-order valence-electron chi connectivity index (χ1n) is 6.71. The Morgan fingerprint density at radius 2 is 1.75 bits per heavy atom. The molecule has 112 valence electrons. The molecule has 1 aromatic rings. The van der Waals surface area contributed by atoms with Gasteiger partial charge in [0.15, 0.2) is 11.5 Å². The van der Waals surface area contributed by atoms with Crippen molar-refractivity contribution in [1.29, 1.82) is 0 Å². The smallest absolute Gasteiger partial charge is 0.312 e. The average molecular weight is 280 g/mol. The number of benzene rings is 1. The van der Waals surface area contributed by atoms with Gasteiger partial charge >= 0.3 is 5.97 Å². The van der Waals surface area contributed by atoms with Gasteiger partial charge in [-0.15, -0.1) is 0 Å². The lowest BCUT2D eigenvalue weighted by Crippen LogP contribution is -2.27. The molecule has 0 bridgehead atoms. The van der Waals surface area contributed by atoms with Crippen molar-refractivity contribution in [3.8, 4) is 11.5 Å². The molecule has 0 aliphatic rings. The van der Waals surface area contributed by atoms with E-state index < -0.39 is 0 Å². The molecule has 0 spiro atoms.